The third-order valence-electron chi connectivity index (χ3n) is 5.05. The molecule has 2 N–H and O–H groups in total. The monoisotopic (exact) mass is 415 g/mol. The van der Waals surface area contributed by atoms with Crippen LogP contribution in [-0.2, 0) is 9.47 Å². The largest absolute Gasteiger partial charge is 0.444 e. The number of methoxy groups -OCH3 is 1. The first kappa shape index (κ1) is 22.0. The fraction of sp³-hybridized carbons (Fsp3) is 0.478. The molecule has 162 valence electrons. The number of ether oxygens (including phenoxy) is 2. The first-order valence-electron chi connectivity index (χ1n) is 10.2. The Morgan fingerprint density at radius 1 is 1.37 bits per heavy atom. The lowest BCUT2D eigenvalue weighted by Gasteiger charge is -2.24. The van der Waals surface area contributed by atoms with Gasteiger partial charge in [-0.3, -0.25) is 0 Å². The van der Waals surface area contributed by atoms with Gasteiger partial charge in [-0.25, -0.2) is 14.2 Å². The number of H-pyrrole nitrogens is 1. The van der Waals surface area contributed by atoms with Crippen molar-refractivity contribution >= 4 is 17.1 Å². The van der Waals surface area contributed by atoms with Gasteiger partial charge >= 0.3 is 6.09 Å². The van der Waals surface area contributed by atoms with Gasteiger partial charge in [0, 0.05) is 36.6 Å². The van der Waals surface area contributed by atoms with Gasteiger partial charge in [0.2, 0.25) is 0 Å². The van der Waals surface area contributed by atoms with Crippen LogP contribution in [0.5, 0.6) is 0 Å². The Kier molecular flexibility index (Phi) is 6.61. The van der Waals surface area contributed by atoms with Crippen molar-refractivity contribution < 1.29 is 18.7 Å². The van der Waals surface area contributed by atoms with Crippen LogP contribution in [0.3, 0.4) is 0 Å². The van der Waals surface area contributed by atoms with E-state index in [0.717, 1.165) is 11.1 Å². The Hall–Kier alpha value is -2.67. The molecule has 30 heavy (non-hydrogen) atoms. The number of aromatic amines is 1. The second-order valence-corrected chi connectivity index (χ2v) is 8.62. The van der Waals surface area contributed by atoms with E-state index < -0.39 is 11.7 Å². The number of hydrogen-bond donors (Lipinski definition) is 2. The predicted molar refractivity (Wildman–Crippen MR) is 115 cm³/mol. The number of hydrogen-bond acceptors (Lipinski definition) is 4. The molecule has 0 saturated carbocycles. The van der Waals surface area contributed by atoms with E-state index in [1.165, 1.54) is 6.08 Å². The number of fused-ring (bicyclic) bond motifs is 1. The molecule has 2 aromatic rings. The number of rotatable bonds is 6. The van der Waals surface area contributed by atoms with Crippen LogP contribution in [0.4, 0.5) is 9.18 Å². The number of aromatic nitrogens is 2. The van der Waals surface area contributed by atoms with Crippen molar-refractivity contribution in [3.8, 4) is 0 Å². The minimum absolute atomic E-state index is 0.111. The third kappa shape index (κ3) is 5.27. The van der Waals surface area contributed by atoms with Crippen molar-refractivity contribution in [2.45, 2.75) is 51.7 Å². The number of carbonyl (C=O) groups excluding carboxylic acids is 1. The quantitative estimate of drug-likeness (QED) is 0.670. The van der Waals surface area contributed by atoms with Crippen LogP contribution >= 0.6 is 0 Å². The van der Waals surface area contributed by atoms with Gasteiger partial charge in [-0.2, -0.15) is 0 Å². The van der Waals surface area contributed by atoms with E-state index in [4.69, 9.17) is 9.47 Å². The molecule has 2 aromatic heterocycles. The van der Waals surface area contributed by atoms with Gasteiger partial charge in [0.15, 0.2) is 0 Å². The number of alkyl carbamates (subject to hydrolysis) is 1. The second kappa shape index (κ2) is 9.00. The summed E-state index contributed by atoms with van der Waals surface area (Å²) in [6, 6.07) is 5.52. The summed E-state index contributed by atoms with van der Waals surface area (Å²) in [4.78, 5) is 20.0. The Morgan fingerprint density at radius 2 is 2.13 bits per heavy atom. The van der Waals surface area contributed by atoms with Gasteiger partial charge in [-0.15, -0.1) is 0 Å². The molecule has 0 bridgehead atoms. The Labute approximate surface area is 176 Å². The minimum Gasteiger partial charge on any atom is -0.444 e. The molecule has 0 aliphatic heterocycles. The van der Waals surface area contributed by atoms with Crippen LogP contribution in [0.25, 0.3) is 11.0 Å². The Balaban J connectivity index is 1.79. The molecule has 6 nitrogen and oxygen atoms in total. The van der Waals surface area contributed by atoms with Crippen molar-refractivity contribution in [2.75, 3.05) is 13.7 Å². The Bertz CT molecular complexity index is 958. The molecule has 1 aliphatic carbocycles. The summed E-state index contributed by atoms with van der Waals surface area (Å²) in [6.07, 6.45) is 5.38. The molecule has 1 aliphatic rings. The highest BCUT2D eigenvalue weighted by atomic mass is 19.1. The number of halogens is 1. The molecule has 0 fully saturated rings. The van der Waals surface area contributed by atoms with Crippen molar-refractivity contribution in [3.63, 3.8) is 0 Å². The molecule has 1 amide bonds. The van der Waals surface area contributed by atoms with E-state index in [-0.39, 0.29) is 23.7 Å². The lowest BCUT2D eigenvalue weighted by molar-refractivity contribution is 0.0507. The zero-order chi connectivity index (χ0) is 21.9. The molecule has 0 spiro atoms. The maximum atomic E-state index is 14.4. The van der Waals surface area contributed by atoms with E-state index in [0.29, 0.717) is 24.4 Å². The predicted octanol–water partition coefficient (Wildman–Crippen LogP) is 5.31. The van der Waals surface area contributed by atoms with Crippen molar-refractivity contribution in [1.82, 2.24) is 15.3 Å². The summed E-state index contributed by atoms with van der Waals surface area (Å²) in [5.41, 5.74) is 1.76. The zero-order valence-corrected chi connectivity index (χ0v) is 18.2. The highest BCUT2D eigenvalue weighted by molar-refractivity contribution is 5.77. The fourth-order valence-electron chi connectivity index (χ4n) is 3.60. The smallest absolute Gasteiger partial charge is 0.408 e. The summed E-state index contributed by atoms with van der Waals surface area (Å²) in [7, 11) is 1.62. The molecule has 0 aromatic carbocycles. The van der Waals surface area contributed by atoms with Gasteiger partial charge in [-0.1, -0.05) is 12.2 Å². The molecule has 7 heteroatoms. The lowest BCUT2D eigenvalue weighted by Crippen LogP contribution is -2.34. The van der Waals surface area contributed by atoms with Crippen LogP contribution in [0.1, 0.15) is 57.5 Å². The topological polar surface area (TPSA) is 76.2 Å². The molecular formula is C23H30FN3O3. The van der Waals surface area contributed by atoms with Gasteiger partial charge in [0.25, 0.3) is 0 Å². The van der Waals surface area contributed by atoms with Crippen molar-refractivity contribution in [3.05, 3.63) is 53.6 Å². The van der Waals surface area contributed by atoms with Crippen LogP contribution in [-0.4, -0.2) is 35.4 Å². The van der Waals surface area contributed by atoms with Gasteiger partial charge in [0.05, 0.1) is 11.7 Å². The van der Waals surface area contributed by atoms with Crippen LogP contribution in [0.15, 0.2) is 42.3 Å². The van der Waals surface area contributed by atoms with Crippen molar-refractivity contribution in [2.24, 2.45) is 5.92 Å². The number of nitrogens with zero attached hydrogens (tertiary/aromatic N) is 1. The molecule has 0 radical (unpaired) electrons. The summed E-state index contributed by atoms with van der Waals surface area (Å²) >= 11 is 0. The highest BCUT2D eigenvalue weighted by Gasteiger charge is 2.28. The molecule has 2 heterocycles. The third-order valence-corrected chi connectivity index (χ3v) is 5.05. The maximum absolute atomic E-state index is 14.4. The van der Waals surface area contributed by atoms with E-state index in [1.54, 1.807) is 13.2 Å². The van der Waals surface area contributed by atoms with Crippen LogP contribution in [0.2, 0.25) is 0 Å². The summed E-state index contributed by atoms with van der Waals surface area (Å²) in [6.45, 7) is 7.80. The maximum Gasteiger partial charge on any atom is 0.408 e. The molecule has 3 atom stereocenters. The average Bonchev–Trinajstić information content (AvgIpc) is 3.08. The normalized spacial score (nSPS) is 20.1. The Morgan fingerprint density at radius 3 is 2.83 bits per heavy atom. The summed E-state index contributed by atoms with van der Waals surface area (Å²) in [5, 5.41) is 3.74. The van der Waals surface area contributed by atoms with Gasteiger partial charge < -0.3 is 19.8 Å². The SMILES string of the molecule is COCC[C@H]1C(F)=CC=CC1c1cc2ccc(C(C)NC(=O)OC(C)(C)C)nc2[nH]1. The molecule has 2 unspecified atom stereocenters. The standard InChI is InChI=1S/C23H30FN3O3/c1-14(25-22(28)30-23(2,3)4)19-10-9-15-13-20(27-21(15)26-19)17-7-6-8-18(24)16(17)11-12-29-5/h6-10,13-14,16-17H,11-12H2,1-5H3,(H,25,28)(H,26,27)/t14?,16-,17?/m1/s1. The second-order valence-electron chi connectivity index (χ2n) is 8.62. The van der Waals surface area contributed by atoms with Crippen LogP contribution < -0.4 is 5.32 Å². The molecule has 3 rings (SSSR count). The first-order chi connectivity index (χ1) is 14.2. The van der Waals surface area contributed by atoms with Gasteiger partial charge in [-0.05, 0) is 58.4 Å². The number of allylic oxidation sites excluding steroid dienone is 4. The van der Waals surface area contributed by atoms with E-state index in [1.807, 2.05) is 52.0 Å². The summed E-state index contributed by atoms with van der Waals surface area (Å²) < 4.78 is 24.9. The van der Waals surface area contributed by atoms with E-state index in [9.17, 15) is 9.18 Å². The average molecular weight is 416 g/mol. The minimum atomic E-state index is -0.563. The van der Waals surface area contributed by atoms with E-state index in [2.05, 4.69) is 15.3 Å². The van der Waals surface area contributed by atoms with E-state index >= 15 is 0 Å². The number of amides is 1. The van der Waals surface area contributed by atoms with Crippen molar-refractivity contribution in [1.29, 1.82) is 0 Å². The zero-order valence-electron chi connectivity index (χ0n) is 18.2. The fourth-order valence-corrected chi connectivity index (χ4v) is 3.60. The molecular weight excluding hydrogens is 385 g/mol. The lowest BCUT2D eigenvalue weighted by atomic mass is 9.83. The van der Waals surface area contributed by atoms with Gasteiger partial charge in [0.1, 0.15) is 17.1 Å². The number of carbonyl (C=O) groups is 1. The number of nitrogens with one attached hydrogen (secondary N) is 2. The molecule has 0 saturated heterocycles. The van der Waals surface area contributed by atoms with Crippen LogP contribution in [0, 0.1) is 5.92 Å². The summed E-state index contributed by atoms with van der Waals surface area (Å²) in [5.74, 6) is -0.516. The first-order valence-corrected chi connectivity index (χ1v) is 10.2. The highest BCUT2D eigenvalue weighted by Crippen LogP contribution is 2.38. The number of pyridine rings is 1.